The average molecular weight is 232 g/mol. The van der Waals surface area contributed by atoms with Crippen molar-refractivity contribution in [1.82, 2.24) is 4.98 Å². The number of aliphatic hydroxyl groups is 2. The molecule has 0 bridgehead atoms. The van der Waals surface area contributed by atoms with E-state index in [1.54, 1.807) is 18.2 Å². The van der Waals surface area contributed by atoms with Gasteiger partial charge in [0.1, 0.15) is 5.82 Å². The highest BCUT2D eigenvalue weighted by Crippen LogP contribution is 2.13. The summed E-state index contributed by atoms with van der Waals surface area (Å²) in [5.41, 5.74) is 0.412. The first-order valence-electron chi connectivity index (χ1n) is 4.88. The van der Waals surface area contributed by atoms with E-state index in [9.17, 15) is 8.78 Å². The summed E-state index contributed by atoms with van der Waals surface area (Å²) in [5.74, 6) is 0.334. The fourth-order valence-corrected chi connectivity index (χ4v) is 1.32. The predicted octanol–water partition coefficient (Wildman–Crippen LogP) is 0.638. The molecule has 1 aromatic heterocycles. The summed E-state index contributed by atoms with van der Waals surface area (Å²) >= 11 is 0. The number of hydrogen-bond donors (Lipinski definition) is 2. The van der Waals surface area contributed by atoms with Gasteiger partial charge in [0.25, 0.3) is 6.43 Å². The van der Waals surface area contributed by atoms with Crippen LogP contribution in [0.4, 0.5) is 14.6 Å². The van der Waals surface area contributed by atoms with E-state index in [-0.39, 0.29) is 19.8 Å². The Balaban J connectivity index is 2.82. The second-order valence-corrected chi connectivity index (χ2v) is 3.21. The summed E-state index contributed by atoms with van der Waals surface area (Å²) in [5, 5.41) is 17.7. The van der Waals surface area contributed by atoms with Crippen LogP contribution in [0.25, 0.3) is 0 Å². The van der Waals surface area contributed by atoms with Crippen molar-refractivity contribution >= 4 is 5.82 Å². The number of rotatable bonds is 6. The zero-order chi connectivity index (χ0) is 12.0. The van der Waals surface area contributed by atoms with E-state index in [1.807, 2.05) is 0 Å². The quantitative estimate of drug-likeness (QED) is 0.755. The molecule has 0 atom stereocenters. The molecule has 1 aromatic rings. The highest BCUT2D eigenvalue weighted by Gasteiger charge is 2.13. The zero-order valence-electron chi connectivity index (χ0n) is 8.68. The number of alkyl halides is 2. The van der Waals surface area contributed by atoms with Gasteiger partial charge in [-0.15, -0.1) is 0 Å². The van der Waals surface area contributed by atoms with Gasteiger partial charge in [-0.2, -0.15) is 0 Å². The minimum atomic E-state index is -2.49. The standard InChI is InChI=1S/C10H14F2N2O2/c11-9(12)6-14(4-5-15)10-3-1-2-8(7-16)13-10/h1-3,9,15-16H,4-7H2. The van der Waals surface area contributed by atoms with Crippen LogP contribution in [0.3, 0.4) is 0 Å². The second-order valence-electron chi connectivity index (χ2n) is 3.21. The molecule has 90 valence electrons. The highest BCUT2D eigenvalue weighted by molar-refractivity contribution is 5.39. The van der Waals surface area contributed by atoms with Crippen molar-refractivity contribution in [1.29, 1.82) is 0 Å². The van der Waals surface area contributed by atoms with Crippen LogP contribution in [0.15, 0.2) is 18.2 Å². The number of halogens is 2. The molecule has 0 radical (unpaired) electrons. The molecule has 0 saturated heterocycles. The van der Waals surface area contributed by atoms with Crippen LogP contribution in [-0.2, 0) is 6.61 Å². The summed E-state index contributed by atoms with van der Waals surface area (Å²) in [6, 6.07) is 4.80. The molecule has 0 amide bonds. The molecule has 0 unspecified atom stereocenters. The van der Waals surface area contributed by atoms with E-state index in [1.165, 1.54) is 4.90 Å². The normalized spacial score (nSPS) is 10.8. The topological polar surface area (TPSA) is 56.6 Å². The lowest BCUT2D eigenvalue weighted by atomic mass is 10.3. The molecule has 4 nitrogen and oxygen atoms in total. The largest absolute Gasteiger partial charge is 0.395 e. The molecule has 2 N–H and O–H groups in total. The molecular weight excluding hydrogens is 218 g/mol. The lowest BCUT2D eigenvalue weighted by Crippen LogP contribution is -2.32. The van der Waals surface area contributed by atoms with Crippen LogP contribution in [-0.4, -0.2) is 41.3 Å². The number of hydrogen-bond acceptors (Lipinski definition) is 4. The molecule has 1 rings (SSSR count). The van der Waals surface area contributed by atoms with E-state index in [2.05, 4.69) is 4.98 Å². The van der Waals surface area contributed by atoms with Crippen molar-refractivity contribution in [3.8, 4) is 0 Å². The summed E-state index contributed by atoms with van der Waals surface area (Å²) in [4.78, 5) is 5.28. The molecule has 0 fully saturated rings. The van der Waals surface area contributed by atoms with E-state index in [0.717, 1.165) is 0 Å². The summed E-state index contributed by atoms with van der Waals surface area (Å²) in [6.07, 6.45) is -2.49. The highest BCUT2D eigenvalue weighted by atomic mass is 19.3. The van der Waals surface area contributed by atoms with E-state index >= 15 is 0 Å². The first-order valence-corrected chi connectivity index (χ1v) is 4.88. The van der Waals surface area contributed by atoms with Crippen molar-refractivity contribution in [3.05, 3.63) is 23.9 Å². The van der Waals surface area contributed by atoms with E-state index in [4.69, 9.17) is 10.2 Å². The molecule has 0 aliphatic carbocycles. The lowest BCUT2D eigenvalue weighted by molar-refractivity contribution is 0.152. The van der Waals surface area contributed by atoms with Gasteiger partial charge in [-0.05, 0) is 12.1 Å². The minimum absolute atomic E-state index is 0.0895. The van der Waals surface area contributed by atoms with Gasteiger partial charge in [-0.3, -0.25) is 0 Å². The molecule has 0 aliphatic rings. The second kappa shape index (κ2) is 6.34. The summed E-state index contributed by atoms with van der Waals surface area (Å²) in [6.45, 7) is -0.859. The smallest absolute Gasteiger partial charge is 0.255 e. The third kappa shape index (κ3) is 3.71. The van der Waals surface area contributed by atoms with Crippen molar-refractivity contribution in [2.75, 3.05) is 24.6 Å². The van der Waals surface area contributed by atoms with Gasteiger partial charge in [0, 0.05) is 6.54 Å². The van der Waals surface area contributed by atoms with Gasteiger partial charge in [-0.1, -0.05) is 6.07 Å². The minimum Gasteiger partial charge on any atom is -0.395 e. The van der Waals surface area contributed by atoms with Crippen molar-refractivity contribution < 1.29 is 19.0 Å². The molecule has 16 heavy (non-hydrogen) atoms. The van der Waals surface area contributed by atoms with Gasteiger partial charge in [-0.25, -0.2) is 13.8 Å². The van der Waals surface area contributed by atoms with Gasteiger partial charge in [0.15, 0.2) is 0 Å². The van der Waals surface area contributed by atoms with E-state index < -0.39 is 13.0 Å². The summed E-state index contributed by atoms with van der Waals surface area (Å²) < 4.78 is 24.6. The Bertz CT molecular complexity index is 323. The van der Waals surface area contributed by atoms with Gasteiger partial charge in [0.2, 0.25) is 0 Å². The number of anilines is 1. The fraction of sp³-hybridized carbons (Fsp3) is 0.500. The maximum atomic E-state index is 12.3. The molecule has 0 spiro atoms. The van der Waals surface area contributed by atoms with Crippen LogP contribution in [0, 0.1) is 0 Å². The molecule has 0 aromatic carbocycles. The van der Waals surface area contributed by atoms with Gasteiger partial charge < -0.3 is 15.1 Å². The Morgan fingerprint density at radius 3 is 2.62 bits per heavy atom. The van der Waals surface area contributed by atoms with Crippen molar-refractivity contribution in [2.45, 2.75) is 13.0 Å². The van der Waals surface area contributed by atoms with Gasteiger partial charge >= 0.3 is 0 Å². The maximum Gasteiger partial charge on any atom is 0.255 e. The predicted molar refractivity (Wildman–Crippen MR) is 55.5 cm³/mol. The third-order valence-corrected chi connectivity index (χ3v) is 2.01. The number of aliphatic hydroxyl groups excluding tert-OH is 2. The first-order chi connectivity index (χ1) is 7.67. The molecule has 0 aliphatic heterocycles. The zero-order valence-corrected chi connectivity index (χ0v) is 8.68. The Morgan fingerprint density at radius 1 is 1.31 bits per heavy atom. The Kier molecular flexibility index (Phi) is 5.07. The lowest BCUT2D eigenvalue weighted by Gasteiger charge is -2.22. The van der Waals surface area contributed by atoms with E-state index in [0.29, 0.717) is 11.5 Å². The SMILES string of the molecule is OCCN(CC(F)F)c1cccc(CO)n1. The maximum absolute atomic E-state index is 12.3. The Hall–Kier alpha value is -1.27. The molecule has 1 heterocycles. The van der Waals surface area contributed by atoms with Crippen LogP contribution in [0.2, 0.25) is 0 Å². The van der Waals surface area contributed by atoms with Crippen LogP contribution >= 0.6 is 0 Å². The van der Waals surface area contributed by atoms with Crippen LogP contribution < -0.4 is 4.90 Å². The van der Waals surface area contributed by atoms with Crippen molar-refractivity contribution in [3.63, 3.8) is 0 Å². The summed E-state index contributed by atoms with van der Waals surface area (Å²) in [7, 11) is 0. The fourth-order valence-electron chi connectivity index (χ4n) is 1.32. The Morgan fingerprint density at radius 2 is 2.06 bits per heavy atom. The van der Waals surface area contributed by atoms with Gasteiger partial charge in [0.05, 0.1) is 25.5 Å². The molecule has 6 heteroatoms. The van der Waals surface area contributed by atoms with Crippen LogP contribution in [0.1, 0.15) is 5.69 Å². The first kappa shape index (κ1) is 12.8. The third-order valence-electron chi connectivity index (χ3n) is 2.01. The Labute approximate surface area is 92.2 Å². The van der Waals surface area contributed by atoms with Crippen LogP contribution in [0.5, 0.6) is 0 Å². The molecular formula is C10H14F2N2O2. The number of pyridine rings is 1. The molecule has 0 saturated carbocycles. The number of nitrogens with zero attached hydrogens (tertiary/aromatic N) is 2. The monoisotopic (exact) mass is 232 g/mol. The van der Waals surface area contributed by atoms with Crippen molar-refractivity contribution in [2.24, 2.45) is 0 Å². The number of aromatic nitrogens is 1. The average Bonchev–Trinajstić information content (AvgIpc) is 2.28.